The average molecular weight is 270 g/mol. The maximum atomic E-state index is 13.9. The van der Waals surface area contributed by atoms with Crippen LogP contribution in [0.3, 0.4) is 0 Å². The molecule has 0 bridgehead atoms. The number of fused-ring (bicyclic) bond motifs is 1. The summed E-state index contributed by atoms with van der Waals surface area (Å²) in [6, 6.07) is 0.751. The van der Waals surface area contributed by atoms with Gasteiger partial charge in [0.15, 0.2) is 0 Å². The lowest BCUT2D eigenvalue weighted by atomic mass is 10.1. The predicted octanol–water partition coefficient (Wildman–Crippen LogP) is 1.55. The SMILES string of the molecule is COc1cc(F)c2c(C(=O)O)c(F)n(C(N)=O)c2c1. The van der Waals surface area contributed by atoms with Crippen molar-refractivity contribution in [3.8, 4) is 5.75 Å². The van der Waals surface area contributed by atoms with Crippen LogP contribution in [0.5, 0.6) is 5.75 Å². The van der Waals surface area contributed by atoms with Gasteiger partial charge in [-0.25, -0.2) is 18.5 Å². The quantitative estimate of drug-likeness (QED) is 0.865. The lowest BCUT2D eigenvalue weighted by molar-refractivity contribution is 0.0693. The molecule has 0 spiro atoms. The molecule has 0 aliphatic carbocycles. The number of hydrogen-bond acceptors (Lipinski definition) is 3. The highest BCUT2D eigenvalue weighted by Gasteiger charge is 2.27. The van der Waals surface area contributed by atoms with E-state index in [1.54, 1.807) is 0 Å². The average Bonchev–Trinajstić information content (AvgIpc) is 2.61. The molecular weight excluding hydrogens is 262 g/mol. The fraction of sp³-hybridized carbons (Fsp3) is 0.0909. The summed E-state index contributed by atoms with van der Waals surface area (Å²) in [5.74, 6) is -4.15. The number of primary amides is 1. The molecule has 6 nitrogen and oxygen atoms in total. The lowest BCUT2D eigenvalue weighted by Gasteiger charge is -2.03. The molecule has 0 radical (unpaired) electrons. The lowest BCUT2D eigenvalue weighted by Crippen LogP contribution is -2.21. The second-order valence-corrected chi connectivity index (χ2v) is 3.65. The van der Waals surface area contributed by atoms with Gasteiger partial charge in [0.2, 0.25) is 5.95 Å². The van der Waals surface area contributed by atoms with Crippen molar-refractivity contribution in [3.05, 3.63) is 29.5 Å². The Morgan fingerprint density at radius 2 is 2.00 bits per heavy atom. The minimum atomic E-state index is -1.70. The standard InChI is InChI=1S/C11H8F2N2O4/c1-19-4-2-5(12)7-6(3-4)15(11(14)18)9(13)8(7)10(16)17/h2-3H,1H3,(H2,14,18)(H,16,17). The van der Waals surface area contributed by atoms with Crippen LogP contribution in [0.15, 0.2) is 12.1 Å². The van der Waals surface area contributed by atoms with E-state index in [4.69, 9.17) is 15.6 Å². The number of benzene rings is 1. The third kappa shape index (κ3) is 1.77. The summed E-state index contributed by atoms with van der Waals surface area (Å²) in [4.78, 5) is 22.1. The van der Waals surface area contributed by atoms with Crippen molar-refractivity contribution >= 4 is 22.9 Å². The molecule has 0 atom stereocenters. The van der Waals surface area contributed by atoms with E-state index in [2.05, 4.69) is 0 Å². The number of nitrogens with two attached hydrogens (primary N) is 1. The van der Waals surface area contributed by atoms with E-state index >= 15 is 0 Å². The van der Waals surface area contributed by atoms with Crippen LogP contribution in [-0.2, 0) is 0 Å². The molecule has 2 rings (SSSR count). The van der Waals surface area contributed by atoms with Crippen molar-refractivity contribution in [2.24, 2.45) is 5.73 Å². The normalized spacial score (nSPS) is 10.7. The second kappa shape index (κ2) is 4.23. The number of carboxylic acids is 1. The first-order valence-electron chi connectivity index (χ1n) is 4.99. The van der Waals surface area contributed by atoms with Gasteiger partial charge in [-0.15, -0.1) is 0 Å². The minimum Gasteiger partial charge on any atom is -0.497 e. The summed E-state index contributed by atoms with van der Waals surface area (Å²) in [6.45, 7) is 0. The van der Waals surface area contributed by atoms with Crippen molar-refractivity contribution in [1.29, 1.82) is 0 Å². The number of carbonyl (C=O) groups is 2. The Morgan fingerprint density at radius 1 is 1.37 bits per heavy atom. The zero-order chi connectivity index (χ0) is 14.3. The number of ether oxygens (including phenoxy) is 1. The monoisotopic (exact) mass is 270 g/mol. The number of carbonyl (C=O) groups excluding carboxylic acids is 1. The van der Waals surface area contributed by atoms with Gasteiger partial charge >= 0.3 is 12.0 Å². The third-order valence-corrected chi connectivity index (χ3v) is 2.61. The number of amides is 1. The van der Waals surface area contributed by atoms with E-state index < -0.39 is 34.7 Å². The molecular formula is C11H8F2N2O4. The molecule has 2 aromatic rings. The fourth-order valence-electron chi connectivity index (χ4n) is 1.84. The molecule has 0 saturated carbocycles. The largest absolute Gasteiger partial charge is 0.497 e. The predicted molar refractivity (Wildman–Crippen MR) is 60.3 cm³/mol. The summed E-state index contributed by atoms with van der Waals surface area (Å²) in [5, 5.41) is 8.37. The van der Waals surface area contributed by atoms with E-state index in [-0.39, 0.29) is 15.8 Å². The van der Waals surface area contributed by atoms with E-state index in [1.165, 1.54) is 7.11 Å². The molecule has 100 valence electrons. The van der Waals surface area contributed by atoms with Crippen LogP contribution < -0.4 is 10.5 Å². The highest BCUT2D eigenvalue weighted by Crippen LogP contribution is 2.31. The summed E-state index contributed by atoms with van der Waals surface area (Å²) < 4.78 is 32.8. The maximum absolute atomic E-state index is 13.9. The maximum Gasteiger partial charge on any atom is 0.341 e. The number of halogens is 2. The van der Waals surface area contributed by atoms with Crippen molar-refractivity contribution in [1.82, 2.24) is 4.57 Å². The molecule has 1 aromatic carbocycles. The smallest absolute Gasteiger partial charge is 0.341 e. The number of aromatic nitrogens is 1. The topological polar surface area (TPSA) is 94.6 Å². The number of nitrogens with zero attached hydrogens (tertiary/aromatic N) is 1. The third-order valence-electron chi connectivity index (χ3n) is 2.61. The fourth-order valence-corrected chi connectivity index (χ4v) is 1.84. The van der Waals surface area contributed by atoms with Crippen LogP contribution in [0.25, 0.3) is 10.9 Å². The number of aromatic carboxylic acids is 1. The Morgan fingerprint density at radius 3 is 2.47 bits per heavy atom. The van der Waals surface area contributed by atoms with Crippen molar-refractivity contribution in [2.75, 3.05) is 7.11 Å². The van der Waals surface area contributed by atoms with E-state index in [1.807, 2.05) is 0 Å². The first-order chi connectivity index (χ1) is 8.88. The molecule has 0 fully saturated rings. The zero-order valence-corrected chi connectivity index (χ0v) is 9.61. The highest BCUT2D eigenvalue weighted by molar-refractivity contribution is 6.07. The molecule has 0 aliphatic heterocycles. The minimum absolute atomic E-state index is 0.00180. The molecule has 0 saturated heterocycles. The first kappa shape index (κ1) is 12.8. The molecule has 1 aromatic heterocycles. The Bertz CT molecular complexity index is 709. The van der Waals surface area contributed by atoms with Crippen LogP contribution in [0.4, 0.5) is 13.6 Å². The number of carboxylic acid groups (broad SMARTS) is 1. The van der Waals surface area contributed by atoms with Gasteiger partial charge in [-0.05, 0) is 0 Å². The highest BCUT2D eigenvalue weighted by atomic mass is 19.1. The number of rotatable bonds is 2. The van der Waals surface area contributed by atoms with Crippen LogP contribution >= 0.6 is 0 Å². The molecule has 1 amide bonds. The second-order valence-electron chi connectivity index (χ2n) is 3.65. The Kier molecular flexibility index (Phi) is 2.85. The van der Waals surface area contributed by atoms with Gasteiger partial charge in [-0.2, -0.15) is 4.39 Å². The van der Waals surface area contributed by atoms with Gasteiger partial charge in [-0.3, -0.25) is 0 Å². The van der Waals surface area contributed by atoms with Gasteiger partial charge in [0, 0.05) is 12.1 Å². The van der Waals surface area contributed by atoms with E-state index in [0.29, 0.717) is 0 Å². The zero-order valence-electron chi connectivity index (χ0n) is 9.61. The number of methoxy groups -OCH3 is 1. The van der Waals surface area contributed by atoms with E-state index in [0.717, 1.165) is 12.1 Å². The molecule has 0 aliphatic rings. The molecule has 1 heterocycles. The van der Waals surface area contributed by atoms with Crippen LogP contribution in [0.2, 0.25) is 0 Å². The van der Waals surface area contributed by atoms with Gasteiger partial charge in [0.1, 0.15) is 17.1 Å². The summed E-state index contributed by atoms with van der Waals surface area (Å²) in [5.41, 5.74) is 3.71. The molecule has 3 N–H and O–H groups in total. The molecule has 8 heteroatoms. The van der Waals surface area contributed by atoms with Crippen LogP contribution in [0, 0.1) is 11.8 Å². The number of hydrogen-bond donors (Lipinski definition) is 2. The van der Waals surface area contributed by atoms with Crippen molar-refractivity contribution in [3.63, 3.8) is 0 Å². The summed E-state index contributed by atoms with van der Waals surface area (Å²) in [7, 11) is 1.24. The van der Waals surface area contributed by atoms with E-state index in [9.17, 15) is 18.4 Å². The van der Waals surface area contributed by atoms with Gasteiger partial charge in [0.05, 0.1) is 18.0 Å². The van der Waals surface area contributed by atoms with Gasteiger partial charge in [-0.1, -0.05) is 0 Å². The van der Waals surface area contributed by atoms with Gasteiger partial charge in [0.25, 0.3) is 0 Å². The van der Waals surface area contributed by atoms with Crippen LogP contribution in [0.1, 0.15) is 10.4 Å². The molecule has 0 unspecified atom stereocenters. The Balaban J connectivity index is 3.02. The van der Waals surface area contributed by atoms with Crippen molar-refractivity contribution < 1.29 is 28.2 Å². The van der Waals surface area contributed by atoms with Crippen LogP contribution in [-0.4, -0.2) is 28.8 Å². The Hall–Kier alpha value is -2.64. The summed E-state index contributed by atoms with van der Waals surface area (Å²) >= 11 is 0. The van der Waals surface area contributed by atoms with Gasteiger partial charge < -0.3 is 15.6 Å². The molecule has 19 heavy (non-hydrogen) atoms. The van der Waals surface area contributed by atoms with Crippen molar-refractivity contribution in [2.45, 2.75) is 0 Å². The first-order valence-corrected chi connectivity index (χ1v) is 4.99. The Labute approximate surface area is 105 Å². The summed E-state index contributed by atoms with van der Waals surface area (Å²) in [6.07, 6.45) is 0.